The molecule has 5 nitrogen and oxygen atoms in total. The first kappa shape index (κ1) is 14.6. The molecule has 0 atom stereocenters. The topological polar surface area (TPSA) is 88.0 Å². The van der Waals surface area contributed by atoms with E-state index in [0.29, 0.717) is 0 Å². The zero-order valence-electron chi connectivity index (χ0n) is 10.5. The number of anilines is 2. The van der Waals surface area contributed by atoms with Crippen LogP contribution in [-0.4, -0.2) is 10.9 Å². The Hall–Kier alpha value is -2.77. The van der Waals surface area contributed by atoms with Crippen LogP contribution in [0.1, 0.15) is 16.1 Å². The molecule has 0 spiro atoms. The Labute approximate surface area is 116 Å². The lowest BCUT2D eigenvalue weighted by atomic mass is 10.1. The minimum atomic E-state index is -4.51. The van der Waals surface area contributed by atoms with Gasteiger partial charge in [0.25, 0.3) is 5.91 Å². The molecule has 1 aromatic heterocycles. The van der Waals surface area contributed by atoms with Crippen LogP contribution in [0.25, 0.3) is 0 Å². The van der Waals surface area contributed by atoms with Gasteiger partial charge < -0.3 is 16.0 Å². The van der Waals surface area contributed by atoms with Gasteiger partial charge in [0, 0.05) is 6.07 Å². The number of aromatic amines is 1. The number of halogens is 3. The lowest BCUT2D eigenvalue weighted by Gasteiger charge is -2.11. The van der Waals surface area contributed by atoms with Gasteiger partial charge in [-0.05, 0) is 24.3 Å². The molecule has 0 saturated heterocycles. The zero-order valence-corrected chi connectivity index (χ0v) is 10.5. The van der Waals surface area contributed by atoms with Crippen LogP contribution in [-0.2, 0) is 6.18 Å². The summed E-state index contributed by atoms with van der Waals surface area (Å²) in [5.41, 5.74) is 3.88. The van der Waals surface area contributed by atoms with Gasteiger partial charge in [0.05, 0.1) is 16.9 Å². The Morgan fingerprint density at radius 2 is 1.90 bits per heavy atom. The number of carbonyl (C=O) groups excluding carboxylic acids is 1. The molecule has 0 aliphatic carbocycles. The normalized spacial score (nSPS) is 11.2. The highest BCUT2D eigenvalue weighted by molar-refractivity contribution is 6.04. The van der Waals surface area contributed by atoms with Crippen molar-refractivity contribution < 1.29 is 18.0 Å². The zero-order chi connectivity index (χ0) is 15.6. The molecule has 1 aromatic carbocycles. The largest absolute Gasteiger partial charge is 0.416 e. The summed E-state index contributed by atoms with van der Waals surface area (Å²) in [4.78, 5) is 25.2. The summed E-state index contributed by atoms with van der Waals surface area (Å²) < 4.78 is 37.5. The molecule has 0 saturated carbocycles. The number of pyridine rings is 1. The Bertz CT molecular complexity index is 738. The fourth-order valence-corrected chi connectivity index (χ4v) is 1.62. The molecule has 1 heterocycles. The summed E-state index contributed by atoms with van der Waals surface area (Å²) in [6.07, 6.45) is -4.51. The fraction of sp³-hybridized carbons (Fsp3) is 0.0769. The first-order valence-corrected chi connectivity index (χ1v) is 5.75. The van der Waals surface area contributed by atoms with Crippen molar-refractivity contribution in [2.24, 2.45) is 0 Å². The maximum Gasteiger partial charge on any atom is 0.416 e. The highest BCUT2D eigenvalue weighted by atomic mass is 19.4. The quantitative estimate of drug-likeness (QED) is 0.743. The summed E-state index contributed by atoms with van der Waals surface area (Å²) in [6.45, 7) is 0. The molecule has 0 radical (unpaired) electrons. The number of hydrogen-bond donors (Lipinski definition) is 3. The number of nitrogens with one attached hydrogen (secondary N) is 2. The van der Waals surface area contributed by atoms with Gasteiger partial charge in [0.15, 0.2) is 0 Å². The number of aromatic nitrogens is 1. The second-order valence-corrected chi connectivity index (χ2v) is 4.18. The number of alkyl halides is 3. The second-order valence-electron chi connectivity index (χ2n) is 4.18. The van der Waals surface area contributed by atoms with Crippen LogP contribution in [0, 0.1) is 0 Å². The number of hydrogen-bond acceptors (Lipinski definition) is 3. The third-order valence-corrected chi connectivity index (χ3v) is 2.64. The van der Waals surface area contributed by atoms with Gasteiger partial charge in [-0.2, -0.15) is 13.2 Å². The van der Waals surface area contributed by atoms with Crippen molar-refractivity contribution in [3.05, 3.63) is 58.0 Å². The van der Waals surface area contributed by atoms with Crippen molar-refractivity contribution in [2.45, 2.75) is 6.18 Å². The van der Waals surface area contributed by atoms with Crippen molar-refractivity contribution >= 4 is 17.3 Å². The number of carbonyl (C=O) groups is 1. The molecule has 2 rings (SSSR count). The monoisotopic (exact) mass is 297 g/mol. The Morgan fingerprint density at radius 1 is 1.19 bits per heavy atom. The maximum absolute atomic E-state index is 12.5. The molecular formula is C13H10F3N3O2. The Balaban J connectivity index is 2.24. The van der Waals surface area contributed by atoms with E-state index in [-0.39, 0.29) is 17.1 Å². The molecule has 0 aliphatic heterocycles. The number of H-pyrrole nitrogens is 1. The number of amides is 1. The van der Waals surface area contributed by atoms with E-state index in [9.17, 15) is 22.8 Å². The molecule has 2 aromatic rings. The van der Waals surface area contributed by atoms with Gasteiger partial charge >= 0.3 is 6.18 Å². The molecular weight excluding hydrogens is 287 g/mol. The van der Waals surface area contributed by atoms with Crippen molar-refractivity contribution in [1.29, 1.82) is 0 Å². The highest BCUT2D eigenvalue weighted by Crippen LogP contribution is 2.32. The van der Waals surface area contributed by atoms with E-state index in [1.165, 1.54) is 18.2 Å². The molecule has 8 heteroatoms. The fourth-order valence-electron chi connectivity index (χ4n) is 1.62. The summed E-state index contributed by atoms with van der Waals surface area (Å²) in [5.74, 6) is -0.681. The number of rotatable bonds is 2. The molecule has 110 valence electrons. The van der Waals surface area contributed by atoms with E-state index >= 15 is 0 Å². The highest BCUT2D eigenvalue weighted by Gasteiger charge is 2.30. The van der Waals surface area contributed by atoms with Crippen LogP contribution >= 0.6 is 0 Å². The third kappa shape index (κ3) is 3.41. The van der Waals surface area contributed by atoms with Crippen molar-refractivity contribution in [3.63, 3.8) is 0 Å². The van der Waals surface area contributed by atoms with Gasteiger partial charge in [-0.1, -0.05) is 6.07 Å². The first-order valence-electron chi connectivity index (χ1n) is 5.75. The summed E-state index contributed by atoms with van der Waals surface area (Å²) in [5, 5.41) is 2.33. The molecule has 21 heavy (non-hydrogen) atoms. The van der Waals surface area contributed by atoms with Crippen LogP contribution in [0.2, 0.25) is 0 Å². The van der Waals surface area contributed by atoms with Crippen molar-refractivity contribution in [1.82, 2.24) is 4.98 Å². The average Bonchev–Trinajstić information content (AvgIpc) is 2.39. The third-order valence-electron chi connectivity index (χ3n) is 2.64. The van der Waals surface area contributed by atoms with Gasteiger partial charge in [-0.15, -0.1) is 0 Å². The van der Waals surface area contributed by atoms with Gasteiger partial charge in [-0.3, -0.25) is 9.59 Å². The van der Waals surface area contributed by atoms with Crippen LogP contribution in [0.5, 0.6) is 0 Å². The summed E-state index contributed by atoms with van der Waals surface area (Å²) >= 11 is 0. The van der Waals surface area contributed by atoms with Gasteiger partial charge in [-0.25, -0.2) is 0 Å². The average molecular weight is 297 g/mol. The van der Waals surface area contributed by atoms with Crippen LogP contribution in [0.15, 0.2) is 41.2 Å². The predicted molar refractivity (Wildman–Crippen MR) is 70.9 cm³/mol. The van der Waals surface area contributed by atoms with Gasteiger partial charge in [0.2, 0.25) is 5.56 Å². The summed E-state index contributed by atoms with van der Waals surface area (Å²) in [6, 6.07) is 6.55. The van der Waals surface area contributed by atoms with E-state index < -0.39 is 23.2 Å². The predicted octanol–water partition coefficient (Wildman–Crippen LogP) is 2.23. The Kier molecular flexibility index (Phi) is 3.70. The molecule has 1 amide bonds. The first-order chi connectivity index (χ1) is 9.77. The van der Waals surface area contributed by atoms with E-state index in [2.05, 4.69) is 10.3 Å². The van der Waals surface area contributed by atoms with E-state index in [0.717, 1.165) is 18.2 Å². The lowest BCUT2D eigenvalue weighted by Crippen LogP contribution is -2.18. The second kappa shape index (κ2) is 5.31. The van der Waals surface area contributed by atoms with Crippen LogP contribution in [0.4, 0.5) is 24.5 Å². The van der Waals surface area contributed by atoms with Crippen LogP contribution < -0.4 is 16.6 Å². The van der Waals surface area contributed by atoms with E-state index in [1.54, 1.807) is 0 Å². The molecule has 0 unspecified atom stereocenters. The summed E-state index contributed by atoms with van der Waals surface area (Å²) in [7, 11) is 0. The lowest BCUT2D eigenvalue weighted by molar-refractivity contribution is -0.137. The molecule has 0 aliphatic rings. The standard InChI is InChI=1S/C13H10F3N3O2/c14-13(15,16)7-4-5-9(8(17)6-7)19-12(21)10-2-1-3-11(20)18-10/h1-6H,17H2,(H,18,20)(H,19,21). The minimum absolute atomic E-state index is 0.0257. The SMILES string of the molecule is Nc1cc(C(F)(F)F)ccc1NC(=O)c1cccc(=O)[nH]1. The van der Waals surface area contributed by atoms with E-state index in [1.807, 2.05) is 0 Å². The van der Waals surface area contributed by atoms with E-state index in [4.69, 9.17) is 5.73 Å². The van der Waals surface area contributed by atoms with Crippen molar-refractivity contribution in [3.8, 4) is 0 Å². The maximum atomic E-state index is 12.5. The molecule has 0 fully saturated rings. The van der Waals surface area contributed by atoms with Gasteiger partial charge in [0.1, 0.15) is 5.69 Å². The number of benzene rings is 1. The molecule has 0 bridgehead atoms. The van der Waals surface area contributed by atoms with Crippen molar-refractivity contribution in [2.75, 3.05) is 11.1 Å². The smallest absolute Gasteiger partial charge is 0.397 e. The number of nitrogen functional groups attached to an aromatic ring is 1. The number of nitrogens with two attached hydrogens (primary N) is 1. The van der Waals surface area contributed by atoms with Crippen LogP contribution in [0.3, 0.4) is 0 Å². The molecule has 4 N–H and O–H groups in total. The Morgan fingerprint density at radius 3 is 2.48 bits per heavy atom. The minimum Gasteiger partial charge on any atom is -0.397 e.